The molecule has 1 aliphatic carbocycles. The topological polar surface area (TPSA) is 86.7 Å². The fraction of sp³-hybridized carbons (Fsp3) is 0.591. The number of nitrogens with zero attached hydrogens (tertiary/aromatic N) is 1. The first kappa shape index (κ1) is 20.4. The molecule has 0 aromatic heterocycles. The van der Waals surface area contributed by atoms with E-state index < -0.39 is 5.97 Å². The summed E-state index contributed by atoms with van der Waals surface area (Å²) in [5.74, 6) is -0.812. The Morgan fingerprint density at radius 3 is 2.18 bits per heavy atom. The molecule has 0 unspecified atom stereocenters. The number of aliphatic carboxylic acids is 1. The molecule has 0 bridgehead atoms. The molecule has 2 aliphatic rings. The molecule has 2 fully saturated rings. The lowest BCUT2D eigenvalue weighted by molar-refractivity contribution is -0.143. The van der Waals surface area contributed by atoms with E-state index in [1.807, 2.05) is 35.2 Å². The van der Waals surface area contributed by atoms with Gasteiger partial charge in [0.1, 0.15) is 0 Å². The average molecular weight is 386 g/mol. The highest BCUT2D eigenvalue weighted by molar-refractivity contribution is 5.80. The van der Waals surface area contributed by atoms with Gasteiger partial charge >= 0.3 is 5.97 Å². The number of benzene rings is 1. The summed E-state index contributed by atoms with van der Waals surface area (Å²) >= 11 is 0. The monoisotopic (exact) mass is 386 g/mol. The van der Waals surface area contributed by atoms with Gasteiger partial charge in [-0.25, -0.2) is 0 Å². The number of carbonyl (C=O) groups is 3. The molecule has 6 nitrogen and oxygen atoms in total. The Balaban J connectivity index is 1.37. The van der Waals surface area contributed by atoms with Crippen LogP contribution in [0.1, 0.15) is 50.5 Å². The minimum atomic E-state index is -0.728. The zero-order valence-corrected chi connectivity index (χ0v) is 16.3. The van der Waals surface area contributed by atoms with Gasteiger partial charge < -0.3 is 15.3 Å². The summed E-state index contributed by atoms with van der Waals surface area (Å²) in [6.07, 6.45) is 5.40. The van der Waals surface area contributed by atoms with Crippen LogP contribution in [-0.2, 0) is 20.8 Å². The molecule has 3 rings (SSSR count). The zero-order chi connectivity index (χ0) is 19.9. The van der Waals surface area contributed by atoms with E-state index in [1.54, 1.807) is 0 Å². The predicted octanol–water partition coefficient (Wildman–Crippen LogP) is 2.62. The van der Waals surface area contributed by atoms with E-state index in [1.165, 1.54) is 5.56 Å². The van der Waals surface area contributed by atoms with E-state index in [0.29, 0.717) is 45.2 Å². The minimum Gasteiger partial charge on any atom is -0.481 e. The Hall–Kier alpha value is -2.37. The smallest absolute Gasteiger partial charge is 0.306 e. The van der Waals surface area contributed by atoms with Gasteiger partial charge in [-0.05, 0) is 50.5 Å². The number of rotatable bonds is 6. The van der Waals surface area contributed by atoms with Gasteiger partial charge in [-0.2, -0.15) is 0 Å². The van der Waals surface area contributed by atoms with Gasteiger partial charge in [0.15, 0.2) is 0 Å². The molecule has 2 amide bonds. The third-order valence-electron chi connectivity index (χ3n) is 6.11. The molecule has 2 N–H and O–H groups in total. The maximum absolute atomic E-state index is 12.5. The average Bonchev–Trinajstić information content (AvgIpc) is 2.73. The van der Waals surface area contributed by atoms with Crippen molar-refractivity contribution in [2.75, 3.05) is 13.1 Å². The summed E-state index contributed by atoms with van der Waals surface area (Å²) in [5, 5.41) is 12.2. The molecule has 0 spiro atoms. The van der Waals surface area contributed by atoms with Crippen LogP contribution >= 0.6 is 0 Å². The highest BCUT2D eigenvalue weighted by Crippen LogP contribution is 2.25. The van der Waals surface area contributed by atoms with E-state index >= 15 is 0 Å². The maximum Gasteiger partial charge on any atom is 0.306 e. The Kier molecular flexibility index (Phi) is 7.06. The van der Waals surface area contributed by atoms with Gasteiger partial charge in [0.05, 0.1) is 5.92 Å². The molecule has 1 saturated heterocycles. The van der Waals surface area contributed by atoms with Crippen LogP contribution in [0.15, 0.2) is 30.3 Å². The third kappa shape index (κ3) is 5.57. The van der Waals surface area contributed by atoms with Gasteiger partial charge in [0.25, 0.3) is 0 Å². The Labute approximate surface area is 166 Å². The standard InChI is InChI=1S/C22H30N2O4/c25-20(11-6-16-4-2-1-3-5-16)24-14-12-17(13-15-24)21(26)23-19-9-7-18(8-10-19)22(27)28/h1-5,17-19H,6-15H2,(H,23,26)(H,27,28). The van der Waals surface area contributed by atoms with Gasteiger partial charge in [-0.15, -0.1) is 0 Å². The molecule has 0 radical (unpaired) electrons. The molecule has 1 saturated carbocycles. The van der Waals surface area contributed by atoms with E-state index in [4.69, 9.17) is 5.11 Å². The SMILES string of the molecule is O=C(O)C1CCC(NC(=O)C2CCN(C(=O)CCc3ccccc3)CC2)CC1. The molecule has 1 aliphatic heterocycles. The van der Waals surface area contributed by atoms with Crippen molar-refractivity contribution in [3.63, 3.8) is 0 Å². The summed E-state index contributed by atoms with van der Waals surface area (Å²) in [7, 11) is 0. The lowest BCUT2D eigenvalue weighted by Gasteiger charge is -2.33. The highest BCUT2D eigenvalue weighted by atomic mass is 16.4. The number of hydrogen-bond acceptors (Lipinski definition) is 3. The van der Waals surface area contributed by atoms with Gasteiger partial charge in [-0.1, -0.05) is 30.3 Å². The molecular formula is C22H30N2O4. The molecule has 0 atom stereocenters. The fourth-order valence-electron chi connectivity index (χ4n) is 4.25. The third-order valence-corrected chi connectivity index (χ3v) is 6.11. The van der Waals surface area contributed by atoms with Crippen molar-refractivity contribution < 1.29 is 19.5 Å². The number of carboxylic acid groups (broad SMARTS) is 1. The second kappa shape index (κ2) is 9.71. The second-order valence-corrected chi connectivity index (χ2v) is 8.04. The summed E-state index contributed by atoms with van der Waals surface area (Å²) in [6.45, 7) is 1.27. The molecule has 1 aromatic carbocycles. The number of carbonyl (C=O) groups excluding carboxylic acids is 2. The number of piperidine rings is 1. The minimum absolute atomic E-state index is 0.0460. The van der Waals surface area contributed by atoms with Crippen molar-refractivity contribution >= 4 is 17.8 Å². The Morgan fingerprint density at radius 1 is 0.929 bits per heavy atom. The van der Waals surface area contributed by atoms with Gasteiger partial charge in [-0.3, -0.25) is 14.4 Å². The van der Waals surface area contributed by atoms with Crippen LogP contribution in [0.4, 0.5) is 0 Å². The number of aryl methyl sites for hydroxylation is 1. The quantitative estimate of drug-likeness (QED) is 0.787. The van der Waals surface area contributed by atoms with Crippen LogP contribution in [0.5, 0.6) is 0 Å². The lowest BCUT2D eigenvalue weighted by atomic mass is 9.85. The first-order chi connectivity index (χ1) is 13.5. The van der Waals surface area contributed by atoms with Crippen molar-refractivity contribution in [2.45, 2.75) is 57.4 Å². The number of nitrogens with one attached hydrogen (secondary N) is 1. The summed E-state index contributed by atoms with van der Waals surface area (Å²) < 4.78 is 0. The predicted molar refractivity (Wildman–Crippen MR) is 106 cm³/mol. The van der Waals surface area contributed by atoms with Crippen molar-refractivity contribution in [3.8, 4) is 0 Å². The van der Waals surface area contributed by atoms with Crippen LogP contribution in [0.3, 0.4) is 0 Å². The van der Waals surface area contributed by atoms with Gasteiger partial charge in [0.2, 0.25) is 11.8 Å². The molecule has 1 aromatic rings. The van der Waals surface area contributed by atoms with E-state index in [-0.39, 0.29) is 29.7 Å². The number of amides is 2. The number of likely N-dealkylation sites (tertiary alicyclic amines) is 1. The summed E-state index contributed by atoms with van der Waals surface area (Å²) in [5.41, 5.74) is 1.17. The fourth-order valence-corrected chi connectivity index (χ4v) is 4.25. The zero-order valence-electron chi connectivity index (χ0n) is 16.3. The largest absolute Gasteiger partial charge is 0.481 e. The number of carboxylic acids is 1. The van der Waals surface area contributed by atoms with Crippen molar-refractivity contribution in [1.82, 2.24) is 10.2 Å². The molecule has 152 valence electrons. The van der Waals surface area contributed by atoms with Crippen LogP contribution in [0.2, 0.25) is 0 Å². The van der Waals surface area contributed by atoms with Crippen LogP contribution < -0.4 is 5.32 Å². The normalized spacial score (nSPS) is 23.2. The summed E-state index contributed by atoms with van der Waals surface area (Å²) in [6, 6.07) is 10.1. The second-order valence-electron chi connectivity index (χ2n) is 8.04. The van der Waals surface area contributed by atoms with Crippen LogP contribution in [-0.4, -0.2) is 46.9 Å². The Bertz CT molecular complexity index is 675. The van der Waals surface area contributed by atoms with E-state index in [9.17, 15) is 14.4 Å². The van der Waals surface area contributed by atoms with Crippen molar-refractivity contribution in [2.24, 2.45) is 11.8 Å². The number of hydrogen-bond donors (Lipinski definition) is 2. The van der Waals surface area contributed by atoms with Crippen LogP contribution in [0.25, 0.3) is 0 Å². The first-order valence-corrected chi connectivity index (χ1v) is 10.4. The summed E-state index contributed by atoms with van der Waals surface area (Å²) in [4.78, 5) is 37.9. The first-order valence-electron chi connectivity index (χ1n) is 10.4. The molecule has 28 heavy (non-hydrogen) atoms. The van der Waals surface area contributed by atoms with Gasteiger partial charge in [0, 0.05) is 31.5 Å². The van der Waals surface area contributed by atoms with Crippen molar-refractivity contribution in [3.05, 3.63) is 35.9 Å². The van der Waals surface area contributed by atoms with E-state index in [2.05, 4.69) is 5.32 Å². The van der Waals surface area contributed by atoms with Crippen molar-refractivity contribution in [1.29, 1.82) is 0 Å². The van der Waals surface area contributed by atoms with Crippen LogP contribution in [0, 0.1) is 11.8 Å². The Morgan fingerprint density at radius 2 is 1.57 bits per heavy atom. The highest BCUT2D eigenvalue weighted by Gasteiger charge is 2.31. The molecule has 1 heterocycles. The molecular weight excluding hydrogens is 356 g/mol. The maximum atomic E-state index is 12.5. The lowest BCUT2D eigenvalue weighted by Crippen LogP contribution is -2.46. The molecule has 6 heteroatoms. The van der Waals surface area contributed by atoms with E-state index in [0.717, 1.165) is 19.3 Å².